The Morgan fingerprint density at radius 3 is 1.10 bits per heavy atom. The molecule has 0 aliphatic carbocycles. The van der Waals surface area contributed by atoms with Crippen LogP contribution in [0, 0.1) is 0 Å². The summed E-state index contributed by atoms with van der Waals surface area (Å²) in [5, 5.41) is 9.67. The van der Waals surface area contributed by atoms with E-state index in [1.54, 1.807) is 0 Å². The molecule has 0 aliphatic rings. The van der Waals surface area contributed by atoms with E-state index in [9.17, 15) is 0 Å². The van der Waals surface area contributed by atoms with Crippen LogP contribution in [0.1, 0.15) is 158 Å². The van der Waals surface area contributed by atoms with Gasteiger partial charge in [0, 0.05) is 65.7 Å². The summed E-state index contributed by atoms with van der Waals surface area (Å²) in [7, 11) is 0. The second-order valence-corrected chi connectivity index (χ2v) is 34.0. The Morgan fingerprint density at radius 1 is 0.260 bits per heavy atom. The van der Waals surface area contributed by atoms with E-state index >= 15 is 0 Å². The molecule has 11 aromatic carbocycles. The van der Waals surface area contributed by atoms with E-state index < -0.39 is 0 Å². The first kappa shape index (κ1) is 61.2. The maximum absolute atomic E-state index is 7.18. The average Bonchev–Trinajstić information content (AvgIpc) is 1.50. The van der Waals surface area contributed by atoms with Crippen molar-refractivity contribution in [2.75, 3.05) is 4.90 Å². The molecule has 478 valence electrons. The zero-order valence-electron chi connectivity index (χ0n) is 59.5. The molecule has 16 rings (SSSR count). The van der Waals surface area contributed by atoms with Gasteiger partial charge < -0.3 is 18.1 Å². The highest BCUT2D eigenvalue weighted by Gasteiger charge is 2.32. The van der Waals surface area contributed by atoms with Crippen molar-refractivity contribution in [1.82, 2.24) is 8.80 Å². The molecule has 0 amide bonds. The Kier molecular flexibility index (Phi) is 13.4. The molecule has 0 atom stereocenters. The van der Waals surface area contributed by atoms with E-state index in [2.05, 4.69) is 351 Å². The van der Waals surface area contributed by atoms with Crippen LogP contribution in [-0.2, 0) is 32.5 Å². The van der Waals surface area contributed by atoms with Gasteiger partial charge in [0.2, 0.25) is 0 Å². The van der Waals surface area contributed by atoms with E-state index in [0.29, 0.717) is 0 Å². The van der Waals surface area contributed by atoms with Crippen LogP contribution < -0.4 is 4.90 Å². The number of nitrogens with zero attached hydrogens (tertiary/aromatic N) is 3. The molecule has 0 fully saturated rings. The van der Waals surface area contributed by atoms with Crippen LogP contribution in [-0.4, -0.2) is 8.80 Å². The summed E-state index contributed by atoms with van der Waals surface area (Å²) in [4.78, 5) is 2.36. The van der Waals surface area contributed by atoms with Gasteiger partial charge in [-0.2, -0.15) is 0 Å². The van der Waals surface area contributed by atoms with E-state index in [4.69, 9.17) is 4.42 Å². The number of furan rings is 1. The zero-order chi connectivity index (χ0) is 67.2. The Bertz CT molecular complexity index is 5650. The highest BCUT2D eigenvalue weighted by atomic mass is 16.3. The molecule has 16 aromatic rings. The molecule has 0 spiro atoms. The molecule has 4 nitrogen and oxygen atoms in total. The van der Waals surface area contributed by atoms with Crippen molar-refractivity contribution in [3.63, 3.8) is 0 Å². The minimum Gasteiger partial charge on any atom is -0.454 e. The van der Waals surface area contributed by atoms with Crippen LogP contribution in [0.5, 0.6) is 0 Å². The van der Waals surface area contributed by atoms with Crippen molar-refractivity contribution < 1.29 is 4.42 Å². The van der Waals surface area contributed by atoms with Gasteiger partial charge in [0.05, 0.1) is 27.6 Å². The number of anilines is 3. The van der Waals surface area contributed by atoms with Crippen LogP contribution in [0.3, 0.4) is 0 Å². The lowest BCUT2D eigenvalue weighted by Crippen LogP contribution is -2.16. The van der Waals surface area contributed by atoms with Crippen LogP contribution >= 0.6 is 0 Å². The first-order valence-corrected chi connectivity index (χ1v) is 34.7. The fraction of sp³-hybridized carbons (Fsp3) is 0.261. The summed E-state index contributed by atoms with van der Waals surface area (Å²) >= 11 is 0. The summed E-state index contributed by atoms with van der Waals surface area (Å²) in [6, 6.07) is 81.7. The first-order chi connectivity index (χ1) is 45.4. The topological polar surface area (TPSA) is 25.2 Å². The minimum atomic E-state index is -0.0854. The van der Waals surface area contributed by atoms with Crippen molar-refractivity contribution in [2.45, 2.75) is 157 Å². The third-order valence-corrected chi connectivity index (χ3v) is 21.0. The van der Waals surface area contributed by atoms with Crippen LogP contribution in [0.15, 0.2) is 217 Å². The summed E-state index contributed by atoms with van der Waals surface area (Å²) < 4.78 is 12.5. The quantitative estimate of drug-likeness (QED) is 0.159. The van der Waals surface area contributed by atoms with Crippen molar-refractivity contribution in [1.29, 1.82) is 0 Å². The van der Waals surface area contributed by atoms with Crippen molar-refractivity contribution in [3.05, 3.63) is 246 Å². The highest BCUT2D eigenvalue weighted by molar-refractivity contribution is 6.36. The molecule has 0 saturated heterocycles. The Balaban J connectivity index is 1.08. The van der Waals surface area contributed by atoms with Crippen molar-refractivity contribution in [3.8, 4) is 44.5 Å². The van der Waals surface area contributed by atoms with E-state index in [0.717, 1.165) is 50.1 Å². The molecular formula is C92H89N3O. The average molecular weight is 1250 g/mol. The molecule has 5 aromatic heterocycles. The smallest absolute Gasteiger partial charge is 0.161 e. The molecule has 0 saturated carbocycles. The second kappa shape index (κ2) is 20.9. The van der Waals surface area contributed by atoms with Crippen LogP contribution in [0.25, 0.3) is 132 Å². The monoisotopic (exact) mass is 1250 g/mol. The van der Waals surface area contributed by atoms with E-state index in [-0.39, 0.29) is 32.5 Å². The van der Waals surface area contributed by atoms with Crippen molar-refractivity contribution >= 4 is 104 Å². The number of rotatable bonds is 7. The van der Waals surface area contributed by atoms with Gasteiger partial charge >= 0.3 is 0 Å². The normalized spacial score (nSPS) is 13.3. The summed E-state index contributed by atoms with van der Waals surface area (Å²) in [6.07, 6.45) is 0. The Hall–Kier alpha value is -9.64. The van der Waals surface area contributed by atoms with Crippen LogP contribution in [0.2, 0.25) is 0 Å². The fourth-order valence-corrected chi connectivity index (χ4v) is 15.3. The maximum atomic E-state index is 7.18. The Morgan fingerprint density at radius 2 is 0.635 bits per heavy atom. The molecule has 0 N–H and O–H groups in total. The van der Waals surface area contributed by atoms with Gasteiger partial charge in [-0.1, -0.05) is 246 Å². The third kappa shape index (κ3) is 9.82. The third-order valence-electron chi connectivity index (χ3n) is 21.0. The first-order valence-electron chi connectivity index (χ1n) is 34.7. The molecule has 4 heteroatoms. The van der Waals surface area contributed by atoms with E-state index in [1.807, 2.05) is 0 Å². The minimum absolute atomic E-state index is 0.0493. The van der Waals surface area contributed by atoms with Crippen LogP contribution in [0.4, 0.5) is 17.1 Å². The predicted molar refractivity (Wildman–Crippen MR) is 414 cm³/mol. The molecule has 0 bridgehead atoms. The predicted octanol–water partition coefficient (Wildman–Crippen LogP) is 26.7. The van der Waals surface area contributed by atoms with Gasteiger partial charge in [-0.05, 0) is 196 Å². The molecule has 0 radical (unpaired) electrons. The SMILES string of the molecule is CC(C)(C)c1cc(-c2cc(-c3ccc(N(c4ccccc4)c4ccccc4)cc3)c3c(c2)c2cc(-c4cc(C(C)(C)C)cc(C(C)(C)C)c4)cc4c5c(ccc6c7cc(-c8cc(C(C)(C)C)cc(C(C)(C)C)c8)cc8c9oc%10ccccc%10c9n(c78)c65)n3c24)cc(C(C)(C)C)c1. The standard InChI is InChI=1S/C92H89N3O/c1-87(2,3)61-39-55(40-62(51-61)88(4,5)6)58-45-72(54-33-35-69(36-34-54)93(67-27-21-19-22-28-67)68-29-23-20-24-30-68)81-74(47-58)75-48-59(56-41-63(89(7,8)9)52-64(42-56)90(10,11)12)49-76-80-78(94(81)82(75)76)38-37-70-73-46-60(57-43-65(91(13,14)15)53-66(44-57)92(16,17)18)50-77-83(73)95(84(70)80)85-71-31-25-26-32-79(71)96-86(77)85/h19-53H,1-18H3. The summed E-state index contributed by atoms with van der Waals surface area (Å²) in [5.74, 6) is 0. The largest absolute Gasteiger partial charge is 0.454 e. The van der Waals surface area contributed by atoms with Gasteiger partial charge in [0.15, 0.2) is 5.58 Å². The Labute approximate surface area is 566 Å². The number of fused-ring (bicyclic) bond motifs is 15. The van der Waals surface area contributed by atoms with E-state index in [1.165, 1.54) is 132 Å². The number of para-hydroxylation sites is 3. The van der Waals surface area contributed by atoms with Gasteiger partial charge in [0.1, 0.15) is 11.1 Å². The second-order valence-electron chi connectivity index (χ2n) is 34.0. The zero-order valence-corrected chi connectivity index (χ0v) is 59.5. The highest BCUT2D eigenvalue weighted by Crippen LogP contribution is 2.53. The number of hydrogen-bond donors (Lipinski definition) is 0. The lowest BCUT2D eigenvalue weighted by Gasteiger charge is -2.26. The molecule has 0 aliphatic heterocycles. The summed E-state index contributed by atoms with van der Waals surface area (Å²) in [5.41, 5.74) is 29.5. The maximum Gasteiger partial charge on any atom is 0.161 e. The molecule has 5 heterocycles. The fourth-order valence-electron chi connectivity index (χ4n) is 15.3. The van der Waals surface area contributed by atoms with Gasteiger partial charge in [-0.15, -0.1) is 0 Å². The van der Waals surface area contributed by atoms with Gasteiger partial charge in [-0.3, -0.25) is 0 Å². The van der Waals surface area contributed by atoms with Gasteiger partial charge in [0.25, 0.3) is 0 Å². The lowest BCUT2D eigenvalue weighted by molar-refractivity contribution is 0.568. The molecule has 0 unspecified atom stereocenters. The van der Waals surface area contributed by atoms with Crippen molar-refractivity contribution in [2.24, 2.45) is 0 Å². The lowest BCUT2D eigenvalue weighted by atomic mass is 9.78. The number of hydrogen-bond acceptors (Lipinski definition) is 2. The number of benzene rings is 11. The number of aromatic nitrogens is 2. The summed E-state index contributed by atoms with van der Waals surface area (Å²) in [6.45, 7) is 42.3. The molecular weight excluding hydrogens is 1160 g/mol. The van der Waals surface area contributed by atoms with Gasteiger partial charge in [-0.25, -0.2) is 0 Å². The molecule has 96 heavy (non-hydrogen) atoms.